The Morgan fingerprint density at radius 2 is 1.76 bits per heavy atom. The summed E-state index contributed by atoms with van der Waals surface area (Å²) in [4.78, 5) is 23.5. The number of hydrogen-bond donors (Lipinski definition) is 1. The number of carbonyl (C=O) groups is 2. The molecule has 3 aromatic rings. The van der Waals surface area contributed by atoms with Gasteiger partial charge in [0, 0.05) is 19.4 Å². The van der Waals surface area contributed by atoms with Gasteiger partial charge >= 0.3 is 5.97 Å². The average Bonchev–Trinajstić information content (AvgIpc) is 3.21. The number of furan rings is 1. The Hall–Kier alpha value is -3.41. The van der Waals surface area contributed by atoms with Crippen LogP contribution in [0.15, 0.2) is 65.1 Å². The summed E-state index contributed by atoms with van der Waals surface area (Å²) in [7, 11) is 1.34. The molecule has 1 aromatic heterocycles. The molecule has 0 unspecified atom stereocenters. The van der Waals surface area contributed by atoms with Crippen LogP contribution in [0.2, 0.25) is 0 Å². The van der Waals surface area contributed by atoms with Crippen molar-refractivity contribution in [2.75, 3.05) is 13.7 Å². The van der Waals surface area contributed by atoms with Crippen molar-refractivity contribution in [2.45, 2.75) is 19.3 Å². The summed E-state index contributed by atoms with van der Waals surface area (Å²) in [5.74, 6) is 0.289. The highest BCUT2D eigenvalue weighted by Gasteiger charge is 2.10. The Bertz CT molecular complexity index is 979. The minimum absolute atomic E-state index is 0.0833. The molecule has 0 aliphatic carbocycles. The van der Waals surface area contributed by atoms with Crippen LogP contribution in [-0.4, -0.2) is 25.5 Å². The zero-order valence-electron chi connectivity index (χ0n) is 16.1. The van der Waals surface area contributed by atoms with Crippen molar-refractivity contribution in [3.63, 3.8) is 0 Å². The van der Waals surface area contributed by atoms with Gasteiger partial charge in [0.2, 0.25) is 5.91 Å². The molecular weight excluding hydrogens is 373 g/mol. The van der Waals surface area contributed by atoms with E-state index in [-0.39, 0.29) is 24.1 Å². The molecule has 0 spiro atoms. The molecule has 0 bridgehead atoms. The first kappa shape index (κ1) is 20.3. The molecule has 0 fully saturated rings. The number of amides is 1. The first-order valence-corrected chi connectivity index (χ1v) is 9.34. The maximum Gasteiger partial charge on any atom is 0.337 e. The molecule has 29 heavy (non-hydrogen) atoms. The van der Waals surface area contributed by atoms with Gasteiger partial charge in [0.1, 0.15) is 17.3 Å². The Kier molecular flexibility index (Phi) is 6.79. The van der Waals surface area contributed by atoms with Crippen LogP contribution in [-0.2, 0) is 22.4 Å². The van der Waals surface area contributed by atoms with Crippen molar-refractivity contribution in [3.05, 3.63) is 83.4 Å². The van der Waals surface area contributed by atoms with Crippen LogP contribution < -0.4 is 5.32 Å². The lowest BCUT2D eigenvalue weighted by atomic mass is 10.1. The van der Waals surface area contributed by atoms with Crippen molar-refractivity contribution >= 4 is 11.9 Å². The van der Waals surface area contributed by atoms with Gasteiger partial charge in [-0.05, 0) is 48.4 Å². The van der Waals surface area contributed by atoms with Gasteiger partial charge in [-0.3, -0.25) is 4.79 Å². The number of halogens is 1. The highest BCUT2D eigenvalue weighted by atomic mass is 19.1. The third-order valence-corrected chi connectivity index (χ3v) is 4.51. The van der Waals surface area contributed by atoms with E-state index in [1.54, 1.807) is 42.5 Å². The third kappa shape index (κ3) is 5.54. The Morgan fingerprint density at radius 1 is 1.00 bits per heavy atom. The molecule has 0 saturated heterocycles. The van der Waals surface area contributed by atoms with E-state index < -0.39 is 0 Å². The van der Waals surface area contributed by atoms with Crippen molar-refractivity contribution in [1.29, 1.82) is 0 Å². The minimum Gasteiger partial charge on any atom is -0.465 e. The molecule has 0 saturated carbocycles. The second-order valence-electron chi connectivity index (χ2n) is 6.53. The number of carbonyl (C=O) groups excluding carboxylic acids is 2. The van der Waals surface area contributed by atoms with Crippen molar-refractivity contribution in [1.82, 2.24) is 5.32 Å². The van der Waals surface area contributed by atoms with Gasteiger partial charge in [0.05, 0.1) is 18.2 Å². The number of hydrogen-bond acceptors (Lipinski definition) is 4. The SMILES string of the molecule is COC(=O)c1ccc(CCNC(=O)CCc2ccc(-c3ccccc3F)o2)cc1. The molecular formula is C23H22FNO4. The third-order valence-electron chi connectivity index (χ3n) is 4.51. The maximum atomic E-state index is 13.8. The van der Waals surface area contributed by atoms with Crippen molar-refractivity contribution in [2.24, 2.45) is 0 Å². The fraction of sp³-hybridized carbons (Fsp3) is 0.217. The summed E-state index contributed by atoms with van der Waals surface area (Å²) in [5.41, 5.74) is 1.91. The van der Waals surface area contributed by atoms with E-state index in [0.29, 0.717) is 42.0 Å². The standard InChI is InChI=1S/C23H22FNO4/c1-28-23(27)17-8-6-16(7-9-17)14-15-25-22(26)13-11-18-10-12-21(29-18)19-4-2-3-5-20(19)24/h2-10,12H,11,13-15H2,1H3,(H,25,26). The second kappa shape index (κ2) is 9.68. The minimum atomic E-state index is -0.374. The van der Waals surface area contributed by atoms with Crippen LogP contribution in [0.1, 0.15) is 28.1 Å². The zero-order valence-corrected chi connectivity index (χ0v) is 16.1. The lowest BCUT2D eigenvalue weighted by Gasteiger charge is -2.06. The van der Waals surface area contributed by atoms with Crippen LogP contribution in [0.5, 0.6) is 0 Å². The molecule has 3 rings (SSSR count). The summed E-state index contributed by atoms with van der Waals surface area (Å²) in [6.07, 6.45) is 1.38. The zero-order chi connectivity index (χ0) is 20.6. The van der Waals surface area contributed by atoms with E-state index in [0.717, 1.165) is 5.56 Å². The Balaban J connectivity index is 1.42. The molecule has 1 heterocycles. The number of esters is 1. The molecule has 150 valence electrons. The van der Waals surface area contributed by atoms with Gasteiger partial charge in [-0.25, -0.2) is 9.18 Å². The fourth-order valence-corrected chi connectivity index (χ4v) is 2.91. The largest absolute Gasteiger partial charge is 0.465 e. The highest BCUT2D eigenvalue weighted by molar-refractivity contribution is 5.89. The molecule has 0 aliphatic rings. The predicted molar refractivity (Wildman–Crippen MR) is 107 cm³/mol. The number of rotatable bonds is 8. The molecule has 6 heteroatoms. The number of benzene rings is 2. The molecule has 1 amide bonds. The predicted octanol–water partition coefficient (Wildman–Crippen LogP) is 4.16. The van der Waals surface area contributed by atoms with Crippen LogP contribution in [0, 0.1) is 5.82 Å². The number of methoxy groups -OCH3 is 1. The maximum absolute atomic E-state index is 13.8. The van der Waals surface area contributed by atoms with E-state index >= 15 is 0 Å². The lowest BCUT2D eigenvalue weighted by Crippen LogP contribution is -2.25. The molecule has 1 N–H and O–H groups in total. The first-order valence-electron chi connectivity index (χ1n) is 9.34. The summed E-state index contributed by atoms with van der Waals surface area (Å²) in [5, 5.41) is 2.87. The van der Waals surface area contributed by atoms with E-state index in [1.807, 2.05) is 12.1 Å². The molecule has 0 aliphatic heterocycles. The van der Waals surface area contributed by atoms with Crippen LogP contribution in [0.4, 0.5) is 4.39 Å². The lowest BCUT2D eigenvalue weighted by molar-refractivity contribution is -0.121. The molecule has 2 aromatic carbocycles. The highest BCUT2D eigenvalue weighted by Crippen LogP contribution is 2.25. The van der Waals surface area contributed by atoms with E-state index in [1.165, 1.54) is 13.2 Å². The first-order chi connectivity index (χ1) is 14.1. The monoisotopic (exact) mass is 395 g/mol. The van der Waals surface area contributed by atoms with Gasteiger partial charge in [0.25, 0.3) is 0 Å². The average molecular weight is 395 g/mol. The van der Waals surface area contributed by atoms with E-state index in [2.05, 4.69) is 10.1 Å². The van der Waals surface area contributed by atoms with E-state index in [4.69, 9.17) is 4.42 Å². The quantitative estimate of drug-likeness (QED) is 0.582. The van der Waals surface area contributed by atoms with Gasteiger partial charge in [-0.15, -0.1) is 0 Å². The van der Waals surface area contributed by atoms with Crippen LogP contribution >= 0.6 is 0 Å². The number of nitrogens with one attached hydrogen (secondary N) is 1. The Labute approximate surface area is 168 Å². The Morgan fingerprint density at radius 3 is 2.48 bits per heavy atom. The summed E-state index contributed by atoms with van der Waals surface area (Å²) in [6.45, 7) is 0.495. The van der Waals surface area contributed by atoms with Crippen molar-refractivity contribution < 1.29 is 23.1 Å². The molecule has 0 atom stereocenters. The summed E-state index contributed by atoms with van der Waals surface area (Å²) < 4.78 is 24.1. The molecule has 5 nitrogen and oxygen atoms in total. The fourth-order valence-electron chi connectivity index (χ4n) is 2.91. The van der Waals surface area contributed by atoms with Crippen LogP contribution in [0.3, 0.4) is 0 Å². The normalized spacial score (nSPS) is 10.6. The van der Waals surface area contributed by atoms with E-state index in [9.17, 15) is 14.0 Å². The second-order valence-corrected chi connectivity index (χ2v) is 6.53. The van der Waals surface area contributed by atoms with Crippen molar-refractivity contribution in [3.8, 4) is 11.3 Å². The smallest absolute Gasteiger partial charge is 0.337 e. The number of aryl methyl sites for hydroxylation is 1. The number of ether oxygens (including phenoxy) is 1. The van der Waals surface area contributed by atoms with Gasteiger partial charge in [-0.1, -0.05) is 24.3 Å². The topological polar surface area (TPSA) is 68.5 Å². The van der Waals surface area contributed by atoms with Crippen LogP contribution in [0.25, 0.3) is 11.3 Å². The molecule has 0 radical (unpaired) electrons. The van der Waals surface area contributed by atoms with Gasteiger partial charge in [-0.2, -0.15) is 0 Å². The van der Waals surface area contributed by atoms with Gasteiger partial charge in [0.15, 0.2) is 0 Å². The summed E-state index contributed by atoms with van der Waals surface area (Å²) in [6, 6.07) is 17.0. The summed E-state index contributed by atoms with van der Waals surface area (Å²) >= 11 is 0. The van der Waals surface area contributed by atoms with Gasteiger partial charge < -0.3 is 14.5 Å².